The number of nitrogens with zero attached hydrogens (tertiary/aromatic N) is 1. The van der Waals surface area contributed by atoms with Crippen LogP contribution in [0.2, 0.25) is 0 Å². The van der Waals surface area contributed by atoms with Crippen molar-refractivity contribution in [1.82, 2.24) is 4.57 Å². The van der Waals surface area contributed by atoms with Crippen LogP contribution in [0.25, 0.3) is 10.9 Å². The number of methoxy groups -OCH3 is 1. The number of ketones is 1. The van der Waals surface area contributed by atoms with Crippen LogP contribution in [0.4, 0.5) is 0 Å². The van der Waals surface area contributed by atoms with Gasteiger partial charge < -0.3 is 14.0 Å². The molecule has 146 valence electrons. The van der Waals surface area contributed by atoms with Crippen LogP contribution >= 0.6 is 0 Å². The zero-order valence-electron chi connectivity index (χ0n) is 16.4. The summed E-state index contributed by atoms with van der Waals surface area (Å²) in [5, 5.41) is 0.979. The summed E-state index contributed by atoms with van der Waals surface area (Å²) in [4.78, 5) is 13.0. The van der Waals surface area contributed by atoms with Crippen molar-refractivity contribution in [2.75, 3.05) is 13.7 Å². The van der Waals surface area contributed by atoms with E-state index < -0.39 is 0 Å². The molecule has 3 aromatic carbocycles. The van der Waals surface area contributed by atoms with E-state index in [9.17, 15) is 4.79 Å². The number of rotatable bonds is 8. The van der Waals surface area contributed by atoms with Gasteiger partial charge in [-0.05, 0) is 24.6 Å². The first-order valence-corrected chi connectivity index (χ1v) is 9.71. The van der Waals surface area contributed by atoms with Gasteiger partial charge in [0, 0.05) is 34.8 Å². The number of para-hydroxylation sites is 3. The molecule has 0 radical (unpaired) electrons. The number of carbonyl (C=O) groups excluding carboxylic acids is 1. The smallest absolute Gasteiger partial charge is 0.195 e. The number of benzene rings is 3. The molecule has 4 aromatic rings. The lowest BCUT2D eigenvalue weighted by Crippen LogP contribution is -2.05. The molecule has 0 bridgehead atoms. The van der Waals surface area contributed by atoms with Crippen molar-refractivity contribution in [3.8, 4) is 11.5 Å². The Morgan fingerprint density at radius 1 is 0.862 bits per heavy atom. The first-order valence-electron chi connectivity index (χ1n) is 9.71. The molecule has 0 fully saturated rings. The first-order chi connectivity index (χ1) is 14.3. The minimum absolute atomic E-state index is 0.0471. The normalized spacial score (nSPS) is 10.8. The highest BCUT2D eigenvalue weighted by atomic mass is 16.5. The molecule has 1 aromatic heterocycles. The van der Waals surface area contributed by atoms with Gasteiger partial charge in [-0.3, -0.25) is 4.79 Å². The molecule has 29 heavy (non-hydrogen) atoms. The summed E-state index contributed by atoms with van der Waals surface area (Å²) in [6.45, 7) is 1.33. The minimum atomic E-state index is 0.0471. The van der Waals surface area contributed by atoms with Gasteiger partial charge in [-0.2, -0.15) is 0 Å². The van der Waals surface area contributed by atoms with E-state index in [4.69, 9.17) is 9.47 Å². The zero-order chi connectivity index (χ0) is 20.1. The summed E-state index contributed by atoms with van der Waals surface area (Å²) >= 11 is 0. The number of aromatic nitrogens is 1. The van der Waals surface area contributed by atoms with Crippen LogP contribution in [0.1, 0.15) is 22.3 Å². The summed E-state index contributed by atoms with van der Waals surface area (Å²) in [5.41, 5.74) is 2.50. The van der Waals surface area contributed by atoms with E-state index in [2.05, 4.69) is 10.6 Å². The van der Waals surface area contributed by atoms with Gasteiger partial charge >= 0.3 is 0 Å². The fraction of sp³-hybridized carbons (Fsp3) is 0.160. The van der Waals surface area contributed by atoms with E-state index >= 15 is 0 Å². The Kier molecular flexibility index (Phi) is 5.61. The Labute approximate surface area is 170 Å². The molecule has 4 heteroatoms. The minimum Gasteiger partial charge on any atom is -0.493 e. The van der Waals surface area contributed by atoms with Crippen molar-refractivity contribution in [2.24, 2.45) is 0 Å². The molecule has 0 unspecified atom stereocenters. The van der Waals surface area contributed by atoms with Gasteiger partial charge in [0.15, 0.2) is 17.3 Å². The number of hydrogen-bond acceptors (Lipinski definition) is 3. The molecular weight excluding hydrogens is 362 g/mol. The van der Waals surface area contributed by atoms with Gasteiger partial charge in [-0.25, -0.2) is 0 Å². The second-order valence-corrected chi connectivity index (χ2v) is 6.80. The Balaban J connectivity index is 1.50. The third kappa shape index (κ3) is 4.02. The van der Waals surface area contributed by atoms with E-state index in [0.717, 1.165) is 40.9 Å². The third-order valence-corrected chi connectivity index (χ3v) is 4.94. The van der Waals surface area contributed by atoms with Crippen LogP contribution in [0.5, 0.6) is 11.5 Å². The Hall–Kier alpha value is -3.53. The van der Waals surface area contributed by atoms with Gasteiger partial charge in [0.2, 0.25) is 0 Å². The topological polar surface area (TPSA) is 40.5 Å². The van der Waals surface area contributed by atoms with E-state index in [1.54, 1.807) is 7.11 Å². The third-order valence-electron chi connectivity index (χ3n) is 4.94. The molecule has 4 nitrogen and oxygen atoms in total. The van der Waals surface area contributed by atoms with Crippen LogP contribution in [0.15, 0.2) is 85.1 Å². The second-order valence-electron chi connectivity index (χ2n) is 6.80. The Morgan fingerprint density at radius 2 is 1.55 bits per heavy atom. The van der Waals surface area contributed by atoms with Crippen molar-refractivity contribution in [3.05, 3.63) is 96.2 Å². The summed E-state index contributed by atoms with van der Waals surface area (Å²) in [5.74, 6) is 1.52. The number of hydrogen-bond donors (Lipinski definition) is 0. The maximum atomic E-state index is 13.0. The van der Waals surface area contributed by atoms with Crippen LogP contribution in [-0.4, -0.2) is 24.1 Å². The Morgan fingerprint density at radius 3 is 2.34 bits per heavy atom. The quantitative estimate of drug-likeness (QED) is 0.303. The molecular formula is C25H23NO3. The molecule has 1 heterocycles. The molecule has 0 N–H and O–H groups in total. The lowest BCUT2D eigenvalue weighted by Gasteiger charge is -2.11. The van der Waals surface area contributed by atoms with Crippen molar-refractivity contribution >= 4 is 16.7 Å². The van der Waals surface area contributed by atoms with Gasteiger partial charge in [0.1, 0.15) is 0 Å². The van der Waals surface area contributed by atoms with E-state index in [-0.39, 0.29) is 5.78 Å². The van der Waals surface area contributed by atoms with Gasteiger partial charge in [-0.1, -0.05) is 60.7 Å². The highest BCUT2D eigenvalue weighted by Gasteiger charge is 2.16. The van der Waals surface area contributed by atoms with Crippen molar-refractivity contribution in [2.45, 2.75) is 13.0 Å². The number of ether oxygens (including phenoxy) is 2. The number of carbonyl (C=O) groups is 1. The van der Waals surface area contributed by atoms with E-state index in [0.29, 0.717) is 12.2 Å². The average Bonchev–Trinajstić information content (AvgIpc) is 3.16. The summed E-state index contributed by atoms with van der Waals surface area (Å²) < 4.78 is 13.3. The summed E-state index contributed by atoms with van der Waals surface area (Å²) in [6.07, 6.45) is 2.78. The van der Waals surface area contributed by atoms with Gasteiger partial charge in [0.25, 0.3) is 0 Å². The predicted octanol–water partition coefficient (Wildman–Crippen LogP) is 5.35. The fourth-order valence-corrected chi connectivity index (χ4v) is 3.51. The fourth-order valence-electron chi connectivity index (χ4n) is 3.51. The monoisotopic (exact) mass is 385 g/mol. The predicted molar refractivity (Wildman–Crippen MR) is 115 cm³/mol. The average molecular weight is 385 g/mol. The number of fused-ring (bicyclic) bond motifs is 1. The maximum Gasteiger partial charge on any atom is 0.195 e. The summed E-state index contributed by atoms with van der Waals surface area (Å²) in [7, 11) is 1.64. The van der Waals surface area contributed by atoms with Gasteiger partial charge in [0.05, 0.1) is 13.7 Å². The van der Waals surface area contributed by atoms with Crippen LogP contribution < -0.4 is 9.47 Å². The van der Waals surface area contributed by atoms with Crippen LogP contribution in [0.3, 0.4) is 0 Å². The zero-order valence-corrected chi connectivity index (χ0v) is 16.4. The van der Waals surface area contributed by atoms with Crippen molar-refractivity contribution < 1.29 is 14.3 Å². The highest BCUT2D eigenvalue weighted by molar-refractivity contribution is 6.16. The molecule has 4 rings (SSSR count). The number of aryl methyl sites for hydroxylation is 1. The Bertz CT molecular complexity index is 1120. The molecule has 0 saturated heterocycles. The van der Waals surface area contributed by atoms with Crippen LogP contribution in [0, 0.1) is 0 Å². The van der Waals surface area contributed by atoms with E-state index in [1.807, 2.05) is 79.0 Å². The van der Waals surface area contributed by atoms with E-state index in [1.165, 1.54) is 0 Å². The molecule has 0 aliphatic carbocycles. The molecule has 0 spiro atoms. The van der Waals surface area contributed by atoms with Crippen molar-refractivity contribution in [3.63, 3.8) is 0 Å². The molecule has 0 aliphatic rings. The highest BCUT2D eigenvalue weighted by Crippen LogP contribution is 2.27. The molecule has 0 atom stereocenters. The largest absolute Gasteiger partial charge is 0.493 e. The van der Waals surface area contributed by atoms with Gasteiger partial charge in [-0.15, -0.1) is 0 Å². The summed E-state index contributed by atoms with van der Waals surface area (Å²) in [6, 6.07) is 25.1. The molecule has 0 amide bonds. The standard InChI is InChI=1S/C25H23NO3/c1-28-23-14-7-8-15-24(23)29-17-9-16-26-18-21(20-12-5-6-13-22(20)26)25(27)19-10-3-2-4-11-19/h2-8,10-15,18H,9,16-17H2,1H3. The SMILES string of the molecule is COc1ccccc1OCCCn1cc(C(=O)c2ccccc2)c2ccccc21. The first kappa shape index (κ1) is 18.8. The maximum absolute atomic E-state index is 13.0. The molecule has 0 saturated carbocycles. The molecule has 0 aliphatic heterocycles. The van der Waals surface area contributed by atoms with Crippen LogP contribution in [-0.2, 0) is 6.54 Å². The lowest BCUT2D eigenvalue weighted by molar-refractivity contribution is 0.104. The second kappa shape index (κ2) is 8.65. The lowest BCUT2D eigenvalue weighted by atomic mass is 10.0. The van der Waals surface area contributed by atoms with Crippen molar-refractivity contribution in [1.29, 1.82) is 0 Å².